The van der Waals surface area contributed by atoms with Gasteiger partial charge in [0.15, 0.2) is 11.5 Å². The Morgan fingerprint density at radius 3 is 2.38 bits per heavy atom. The number of carbonyl (C=O) groups excluding carboxylic acids is 3. The van der Waals surface area contributed by atoms with E-state index in [1.807, 2.05) is 17.6 Å². The van der Waals surface area contributed by atoms with Crippen LogP contribution in [0.25, 0.3) is 6.08 Å². The van der Waals surface area contributed by atoms with Crippen molar-refractivity contribution in [2.45, 2.75) is 6.92 Å². The van der Waals surface area contributed by atoms with Crippen molar-refractivity contribution >= 4 is 23.9 Å². The quantitative estimate of drug-likeness (QED) is 0.633. The van der Waals surface area contributed by atoms with Crippen molar-refractivity contribution in [3.8, 4) is 11.5 Å². The summed E-state index contributed by atoms with van der Waals surface area (Å²) < 4.78 is 10.7. The second-order valence-corrected chi connectivity index (χ2v) is 4.11. The lowest BCUT2D eigenvalue weighted by molar-refractivity contribution is -0.123. The van der Waals surface area contributed by atoms with Gasteiger partial charge in [-0.1, -0.05) is 12.1 Å². The van der Waals surface area contributed by atoms with E-state index < -0.39 is 17.8 Å². The average Bonchev–Trinajstić information content (AvgIpc) is 2.44. The van der Waals surface area contributed by atoms with Crippen LogP contribution in [0.3, 0.4) is 0 Å². The van der Waals surface area contributed by atoms with Crippen molar-refractivity contribution in [1.82, 2.24) is 10.6 Å². The number of imide groups is 2. The largest absolute Gasteiger partial charge is 0.493 e. The lowest BCUT2D eigenvalue weighted by atomic mass is 10.1. The number of amides is 4. The third-order valence-electron chi connectivity index (χ3n) is 2.76. The first-order valence-electron chi connectivity index (χ1n) is 6.25. The van der Waals surface area contributed by atoms with Crippen LogP contribution in [-0.2, 0) is 9.59 Å². The Morgan fingerprint density at radius 1 is 1.14 bits per heavy atom. The molecule has 2 N–H and O–H groups in total. The number of urea groups is 1. The van der Waals surface area contributed by atoms with Gasteiger partial charge in [-0.2, -0.15) is 0 Å². The number of hydrogen-bond acceptors (Lipinski definition) is 5. The van der Waals surface area contributed by atoms with E-state index in [0.717, 1.165) is 0 Å². The van der Waals surface area contributed by atoms with Crippen LogP contribution < -0.4 is 20.1 Å². The zero-order chi connectivity index (χ0) is 15.4. The van der Waals surface area contributed by atoms with Crippen LogP contribution in [0.1, 0.15) is 12.5 Å². The van der Waals surface area contributed by atoms with Gasteiger partial charge >= 0.3 is 6.03 Å². The van der Waals surface area contributed by atoms with Crippen molar-refractivity contribution in [2.75, 3.05) is 13.7 Å². The van der Waals surface area contributed by atoms with Gasteiger partial charge < -0.3 is 9.47 Å². The minimum atomic E-state index is -0.835. The molecule has 21 heavy (non-hydrogen) atoms. The van der Waals surface area contributed by atoms with Gasteiger partial charge in [-0.25, -0.2) is 4.79 Å². The summed E-state index contributed by atoms with van der Waals surface area (Å²) >= 11 is 0. The smallest absolute Gasteiger partial charge is 0.328 e. The summed E-state index contributed by atoms with van der Waals surface area (Å²) in [5.74, 6) is -0.602. The molecule has 1 fully saturated rings. The molecule has 1 aromatic carbocycles. The molecule has 1 aliphatic rings. The molecule has 0 radical (unpaired) electrons. The summed E-state index contributed by atoms with van der Waals surface area (Å²) in [7, 11) is 1.49. The molecule has 0 atom stereocenters. The molecule has 7 nitrogen and oxygen atoms in total. The molecule has 0 saturated carbocycles. The molecule has 0 spiro atoms. The summed E-state index contributed by atoms with van der Waals surface area (Å²) in [6.07, 6.45) is 1.35. The lowest BCUT2D eigenvalue weighted by Gasteiger charge is -2.16. The van der Waals surface area contributed by atoms with E-state index in [1.165, 1.54) is 13.2 Å². The number of ether oxygens (including phenoxy) is 2. The highest BCUT2D eigenvalue weighted by atomic mass is 16.5. The number of rotatable bonds is 4. The Bertz CT molecular complexity index is 614. The van der Waals surface area contributed by atoms with Gasteiger partial charge in [0, 0.05) is 5.56 Å². The highest BCUT2D eigenvalue weighted by Gasteiger charge is 2.28. The van der Waals surface area contributed by atoms with E-state index in [4.69, 9.17) is 9.47 Å². The fourth-order valence-corrected chi connectivity index (χ4v) is 1.87. The first kappa shape index (κ1) is 14.6. The molecule has 7 heteroatoms. The molecular formula is C14H14N2O5. The molecule has 2 rings (SSSR count). The van der Waals surface area contributed by atoms with Gasteiger partial charge in [0.25, 0.3) is 11.8 Å². The third kappa shape index (κ3) is 3.02. The molecule has 1 aliphatic heterocycles. The molecule has 0 bridgehead atoms. The number of carbonyl (C=O) groups is 3. The van der Waals surface area contributed by atoms with Crippen molar-refractivity contribution in [3.63, 3.8) is 0 Å². The van der Waals surface area contributed by atoms with Crippen LogP contribution in [0.4, 0.5) is 4.79 Å². The molecule has 110 valence electrons. The van der Waals surface area contributed by atoms with E-state index >= 15 is 0 Å². The van der Waals surface area contributed by atoms with E-state index in [9.17, 15) is 14.4 Å². The molecular weight excluding hydrogens is 276 g/mol. The van der Waals surface area contributed by atoms with Crippen LogP contribution in [0, 0.1) is 0 Å². The van der Waals surface area contributed by atoms with Crippen molar-refractivity contribution in [2.24, 2.45) is 0 Å². The summed E-state index contributed by atoms with van der Waals surface area (Å²) in [4.78, 5) is 34.4. The molecule has 0 unspecified atom stereocenters. The number of barbiturate groups is 1. The highest BCUT2D eigenvalue weighted by Crippen LogP contribution is 2.32. The van der Waals surface area contributed by atoms with E-state index in [-0.39, 0.29) is 5.57 Å². The first-order chi connectivity index (χ1) is 10.1. The number of nitrogens with one attached hydrogen (secondary N) is 2. The molecule has 0 aliphatic carbocycles. The van der Waals surface area contributed by atoms with Crippen LogP contribution >= 0.6 is 0 Å². The van der Waals surface area contributed by atoms with Crippen LogP contribution in [-0.4, -0.2) is 31.6 Å². The third-order valence-corrected chi connectivity index (χ3v) is 2.76. The zero-order valence-corrected chi connectivity index (χ0v) is 11.6. The Hall–Kier alpha value is -2.83. The standard InChI is InChI=1S/C14H14N2O5/c1-3-21-11-8(5-4-6-10(11)20-2)7-9-12(17)15-14(19)16-13(9)18/h4-7H,3H2,1-2H3,(H2,15,16,17,18,19). The maximum atomic E-state index is 11.7. The summed E-state index contributed by atoms with van der Waals surface area (Å²) in [5.41, 5.74) is 0.328. The summed E-state index contributed by atoms with van der Waals surface area (Å²) in [6, 6.07) is 4.25. The molecule has 0 aromatic heterocycles. The van der Waals surface area contributed by atoms with E-state index in [2.05, 4.69) is 0 Å². The average molecular weight is 290 g/mol. The zero-order valence-electron chi connectivity index (χ0n) is 11.6. The molecule has 1 heterocycles. The van der Waals surface area contributed by atoms with Crippen molar-refractivity contribution in [3.05, 3.63) is 29.3 Å². The van der Waals surface area contributed by atoms with Crippen LogP contribution in [0.5, 0.6) is 11.5 Å². The van der Waals surface area contributed by atoms with Gasteiger partial charge in [-0.3, -0.25) is 20.2 Å². The Kier molecular flexibility index (Phi) is 4.22. The second-order valence-electron chi connectivity index (χ2n) is 4.11. The maximum Gasteiger partial charge on any atom is 0.328 e. The lowest BCUT2D eigenvalue weighted by Crippen LogP contribution is -2.51. The summed E-state index contributed by atoms with van der Waals surface area (Å²) in [6.45, 7) is 2.20. The maximum absolute atomic E-state index is 11.7. The monoisotopic (exact) mass is 290 g/mol. The van der Waals surface area contributed by atoms with E-state index in [1.54, 1.807) is 18.2 Å². The molecule has 1 saturated heterocycles. The highest BCUT2D eigenvalue weighted by molar-refractivity contribution is 6.31. The van der Waals surface area contributed by atoms with Gasteiger partial charge in [-0.15, -0.1) is 0 Å². The Labute approximate surface area is 120 Å². The minimum absolute atomic E-state index is 0.177. The van der Waals surface area contributed by atoms with Crippen molar-refractivity contribution < 1.29 is 23.9 Å². The number of methoxy groups -OCH3 is 1. The fourth-order valence-electron chi connectivity index (χ4n) is 1.87. The molecule has 4 amide bonds. The predicted molar refractivity (Wildman–Crippen MR) is 73.8 cm³/mol. The fraction of sp³-hybridized carbons (Fsp3) is 0.214. The number of benzene rings is 1. The second kappa shape index (κ2) is 6.08. The minimum Gasteiger partial charge on any atom is -0.493 e. The Balaban J connectivity index is 2.46. The summed E-state index contributed by atoms with van der Waals surface area (Å²) in [5, 5.41) is 4.02. The van der Waals surface area contributed by atoms with Crippen LogP contribution in [0.2, 0.25) is 0 Å². The SMILES string of the molecule is CCOc1c(C=C2C(=O)NC(=O)NC2=O)cccc1OC. The van der Waals surface area contributed by atoms with Crippen LogP contribution in [0.15, 0.2) is 23.8 Å². The normalized spacial score (nSPS) is 14.4. The Morgan fingerprint density at radius 2 is 1.81 bits per heavy atom. The number of para-hydroxylation sites is 1. The van der Waals surface area contributed by atoms with E-state index in [0.29, 0.717) is 23.7 Å². The van der Waals surface area contributed by atoms with Gasteiger partial charge in [0.2, 0.25) is 0 Å². The van der Waals surface area contributed by atoms with Gasteiger partial charge in [0.1, 0.15) is 5.57 Å². The van der Waals surface area contributed by atoms with Crippen molar-refractivity contribution in [1.29, 1.82) is 0 Å². The molecule has 1 aromatic rings. The predicted octanol–water partition coefficient (Wildman–Crippen LogP) is 0.843. The number of hydrogen-bond donors (Lipinski definition) is 2. The van der Waals surface area contributed by atoms with Gasteiger partial charge in [-0.05, 0) is 19.1 Å². The first-order valence-corrected chi connectivity index (χ1v) is 6.25. The topological polar surface area (TPSA) is 93.7 Å². The van der Waals surface area contributed by atoms with Gasteiger partial charge in [0.05, 0.1) is 13.7 Å².